The summed E-state index contributed by atoms with van der Waals surface area (Å²) in [5.74, 6) is 1.32. The number of carbonyl (C=O) groups is 1. The Morgan fingerprint density at radius 1 is 1.40 bits per heavy atom. The zero-order valence-electron chi connectivity index (χ0n) is 15.3. The average Bonchev–Trinajstić information content (AvgIpc) is 3.01. The standard InChI is InChI=1S/C19H27ClN4O/c1-13(2)24-10-6-14(7-11-24)19(25)23(3)9-8-18-21-16-5-4-15(20)12-17(16)22-18/h4-5,12-14H,6-11H2,1-3H3,(H,21,22). The lowest BCUT2D eigenvalue weighted by atomic mass is 9.94. The van der Waals surface area contributed by atoms with E-state index in [0.717, 1.165) is 49.2 Å². The SMILES string of the molecule is CC(C)N1CCC(C(=O)N(C)CCc2nc3ccc(Cl)cc3[nH]2)CC1. The van der Waals surface area contributed by atoms with Crippen molar-refractivity contribution in [2.45, 2.75) is 39.2 Å². The van der Waals surface area contributed by atoms with Crippen LogP contribution in [-0.2, 0) is 11.2 Å². The van der Waals surface area contributed by atoms with Crippen LogP contribution in [0.3, 0.4) is 0 Å². The van der Waals surface area contributed by atoms with Gasteiger partial charge >= 0.3 is 0 Å². The van der Waals surface area contributed by atoms with Gasteiger partial charge in [0.2, 0.25) is 5.91 Å². The highest BCUT2D eigenvalue weighted by Gasteiger charge is 2.27. The van der Waals surface area contributed by atoms with Gasteiger partial charge < -0.3 is 14.8 Å². The first kappa shape index (κ1) is 18.2. The molecule has 0 saturated carbocycles. The number of carbonyl (C=O) groups excluding carboxylic acids is 1. The van der Waals surface area contributed by atoms with E-state index in [1.165, 1.54) is 0 Å². The summed E-state index contributed by atoms with van der Waals surface area (Å²) in [5.41, 5.74) is 1.85. The van der Waals surface area contributed by atoms with E-state index < -0.39 is 0 Å². The number of H-pyrrole nitrogens is 1. The molecule has 0 atom stereocenters. The van der Waals surface area contributed by atoms with Crippen LogP contribution in [0.2, 0.25) is 5.02 Å². The van der Waals surface area contributed by atoms with Gasteiger partial charge in [0.25, 0.3) is 0 Å². The number of amides is 1. The molecule has 1 aliphatic rings. The van der Waals surface area contributed by atoms with Crippen molar-refractivity contribution in [3.05, 3.63) is 29.0 Å². The fraction of sp³-hybridized carbons (Fsp3) is 0.579. The Morgan fingerprint density at radius 3 is 2.80 bits per heavy atom. The Kier molecular flexibility index (Phi) is 5.64. The van der Waals surface area contributed by atoms with Gasteiger partial charge in [0.05, 0.1) is 11.0 Å². The molecule has 0 aliphatic carbocycles. The fourth-order valence-electron chi connectivity index (χ4n) is 3.51. The molecule has 1 aromatic carbocycles. The molecular formula is C19H27ClN4O. The van der Waals surface area contributed by atoms with Gasteiger partial charge in [0.15, 0.2) is 0 Å². The zero-order chi connectivity index (χ0) is 18.0. The third kappa shape index (κ3) is 4.33. The van der Waals surface area contributed by atoms with Crippen LogP contribution in [0.5, 0.6) is 0 Å². The predicted octanol–water partition coefficient (Wildman–Crippen LogP) is 3.34. The van der Waals surface area contributed by atoms with E-state index in [4.69, 9.17) is 11.6 Å². The quantitative estimate of drug-likeness (QED) is 0.887. The first-order valence-electron chi connectivity index (χ1n) is 9.07. The minimum Gasteiger partial charge on any atom is -0.345 e. The summed E-state index contributed by atoms with van der Waals surface area (Å²) in [5, 5.41) is 0.697. The number of likely N-dealkylation sites (tertiary alicyclic amines) is 1. The lowest BCUT2D eigenvalue weighted by Gasteiger charge is -2.35. The summed E-state index contributed by atoms with van der Waals surface area (Å²) in [6.45, 7) is 7.15. The number of rotatable bonds is 5. The monoisotopic (exact) mass is 362 g/mol. The normalized spacial score (nSPS) is 16.7. The molecule has 5 nitrogen and oxygen atoms in total. The third-order valence-electron chi connectivity index (χ3n) is 5.16. The Balaban J connectivity index is 1.53. The van der Waals surface area contributed by atoms with Crippen LogP contribution in [0.4, 0.5) is 0 Å². The number of halogens is 1. The van der Waals surface area contributed by atoms with Crippen molar-refractivity contribution in [2.75, 3.05) is 26.7 Å². The maximum Gasteiger partial charge on any atom is 0.225 e. The van der Waals surface area contributed by atoms with Gasteiger partial charge in [-0.1, -0.05) is 11.6 Å². The number of nitrogens with zero attached hydrogens (tertiary/aromatic N) is 3. The van der Waals surface area contributed by atoms with Crippen molar-refractivity contribution in [2.24, 2.45) is 5.92 Å². The second kappa shape index (κ2) is 7.75. The molecule has 2 heterocycles. The molecule has 136 valence electrons. The number of piperidine rings is 1. The van der Waals surface area contributed by atoms with Gasteiger partial charge in [-0.15, -0.1) is 0 Å². The van der Waals surface area contributed by atoms with Crippen molar-refractivity contribution in [1.29, 1.82) is 0 Å². The van der Waals surface area contributed by atoms with Gasteiger partial charge in [-0.25, -0.2) is 4.98 Å². The minimum absolute atomic E-state index is 0.162. The average molecular weight is 363 g/mol. The van der Waals surface area contributed by atoms with Crippen LogP contribution in [0.25, 0.3) is 11.0 Å². The van der Waals surface area contributed by atoms with Gasteiger partial charge in [-0.05, 0) is 58.0 Å². The van der Waals surface area contributed by atoms with E-state index >= 15 is 0 Å². The number of hydrogen-bond donors (Lipinski definition) is 1. The third-order valence-corrected chi connectivity index (χ3v) is 5.40. The molecule has 1 fully saturated rings. The van der Waals surface area contributed by atoms with Crippen LogP contribution < -0.4 is 0 Å². The predicted molar refractivity (Wildman–Crippen MR) is 102 cm³/mol. The smallest absolute Gasteiger partial charge is 0.225 e. The lowest BCUT2D eigenvalue weighted by Crippen LogP contribution is -2.43. The molecule has 1 amide bonds. The van der Waals surface area contributed by atoms with Gasteiger partial charge in [-0.3, -0.25) is 4.79 Å². The lowest BCUT2D eigenvalue weighted by molar-refractivity contribution is -0.135. The van der Waals surface area contributed by atoms with E-state index in [1.807, 2.05) is 30.1 Å². The summed E-state index contributed by atoms with van der Waals surface area (Å²) < 4.78 is 0. The van der Waals surface area contributed by atoms with E-state index in [9.17, 15) is 4.79 Å². The highest BCUT2D eigenvalue weighted by molar-refractivity contribution is 6.31. The molecule has 0 unspecified atom stereocenters. The first-order chi connectivity index (χ1) is 11.9. The van der Waals surface area contributed by atoms with E-state index in [2.05, 4.69) is 28.7 Å². The van der Waals surface area contributed by atoms with Crippen molar-refractivity contribution >= 4 is 28.5 Å². The molecule has 1 aromatic heterocycles. The number of likely N-dealkylation sites (N-methyl/N-ethyl adjacent to an activating group) is 1. The van der Waals surface area contributed by atoms with Gasteiger partial charge in [0, 0.05) is 37.0 Å². The number of benzene rings is 1. The topological polar surface area (TPSA) is 52.2 Å². The van der Waals surface area contributed by atoms with Crippen molar-refractivity contribution in [3.63, 3.8) is 0 Å². The molecule has 25 heavy (non-hydrogen) atoms. The van der Waals surface area contributed by atoms with Crippen LogP contribution in [-0.4, -0.2) is 58.4 Å². The van der Waals surface area contributed by atoms with Gasteiger partial charge in [-0.2, -0.15) is 0 Å². The van der Waals surface area contributed by atoms with Crippen LogP contribution in [0.1, 0.15) is 32.5 Å². The molecule has 2 aromatic rings. The highest BCUT2D eigenvalue weighted by atomic mass is 35.5. The molecule has 1 aliphatic heterocycles. The summed E-state index contributed by atoms with van der Waals surface area (Å²) >= 11 is 6.01. The number of hydrogen-bond acceptors (Lipinski definition) is 3. The summed E-state index contributed by atoms with van der Waals surface area (Å²) in [6.07, 6.45) is 2.65. The molecule has 6 heteroatoms. The number of nitrogens with one attached hydrogen (secondary N) is 1. The van der Waals surface area contributed by atoms with Crippen molar-refractivity contribution in [3.8, 4) is 0 Å². The molecular weight excluding hydrogens is 336 g/mol. The Labute approximate surface area is 154 Å². The molecule has 0 bridgehead atoms. The number of imidazole rings is 1. The summed E-state index contributed by atoms with van der Waals surface area (Å²) in [7, 11) is 1.90. The molecule has 0 radical (unpaired) electrons. The second-order valence-electron chi connectivity index (χ2n) is 7.26. The molecule has 3 rings (SSSR count). The molecule has 1 N–H and O–H groups in total. The van der Waals surface area contributed by atoms with E-state index in [0.29, 0.717) is 17.6 Å². The first-order valence-corrected chi connectivity index (χ1v) is 9.45. The number of fused-ring (bicyclic) bond motifs is 1. The molecule has 1 saturated heterocycles. The summed E-state index contributed by atoms with van der Waals surface area (Å²) in [6, 6.07) is 6.20. The summed E-state index contributed by atoms with van der Waals surface area (Å²) in [4.78, 5) is 24.8. The van der Waals surface area contributed by atoms with Crippen LogP contribution >= 0.6 is 11.6 Å². The zero-order valence-corrected chi connectivity index (χ0v) is 16.0. The second-order valence-corrected chi connectivity index (χ2v) is 7.70. The Bertz CT molecular complexity index is 734. The van der Waals surface area contributed by atoms with Crippen molar-refractivity contribution in [1.82, 2.24) is 19.8 Å². The Hall–Kier alpha value is -1.59. The maximum absolute atomic E-state index is 12.7. The minimum atomic E-state index is 0.162. The highest BCUT2D eigenvalue weighted by Crippen LogP contribution is 2.21. The largest absolute Gasteiger partial charge is 0.345 e. The Morgan fingerprint density at radius 2 is 2.12 bits per heavy atom. The van der Waals surface area contributed by atoms with E-state index in [-0.39, 0.29) is 11.8 Å². The maximum atomic E-state index is 12.7. The fourth-order valence-corrected chi connectivity index (χ4v) is 3.68. The van der Waals surface area contributed by atoms with Crippen LogP contribution in [0, 0.1) is 5.92 Å². The van der Waals surface area contributed by atoms with E-state index in [1.54, 1.807) is 0 Å². The number of aromatic amines is 1. The number of aromatic nitrogens is 2. The van der Waals surface area contributed by atoms with Crippen LogP contribution in [0.15, 0.2) is 18.2 Å². The molecule has 0 spiro atoms. The van der Waals surface area contributed by atoms with Crippen molar-refractivity contribution < 1.29 is 4.79 Å². The van der Waals surface area contributed by atoms with Gasteiger partial charge in [0.1, 0.15) is 5.82 Å².